The molecule has 0 aliphatic heterocycles. The molecule has 2 rings (SSSR count). The van der Waals surface area contributed by atoms with E-state index < -0.39 is 22.9 Å². The van der Waals surface area contributed by atoms with Crippen molar-refractivity contribution in [3.05, 3.63) is 35.1 Å². The molecule has 0 amide bonds. The van der Waals surface area contributed by atoms with Crippen LogP contribution in [0.2, 0.25) is 0 Å². The van der Waals surface area contributed by atoms with E-state index >= 15 is 0 Å². The molecule has 1 aromatic carbocycles. The molecule has 0 radical (unpaired) electrons. The van der Waals surface area contributed by atoms with Gasteiger partial charge in [0.15, 0.2) is 11.6 Å². The second-order valence-corrected chi connectivity index (χ2v) is 3.88. The van der Waals surface area contributed by atoms with Gasteiger partial charge >= 0.3 is 0 Å². The molecule has 1 saturated carbocycles. The number of rotatable bonds is 2. The zero-order valence-corrected chi connectivity index (χ0v) is 8.11. The van der Waals surface area contributed by atoms with Crippen LogP contribution in [0.5, 0.6) is 0 Å². The Labute approximate surface area is 84.9 Å². The van der Waals surface area contributed by atoms with Gasteiger partial charge in [0.1, 0.15) is 11.6 Å². The van der Waals surface area contributed by atoms with Crippen molar-refractivity contribution in [2.75, 3.05) is 0 Å². The molecule has 0 N–H and O–H groups in total. The Kier molecular flexibility index (Phi) is 2.10. The largest absolute Gasteiger partial charge is 0.299 e. The highest BCUT2D eigenvalue weighted by Crippen LogP contribution is 2.50. The van der Waals surface area contributed by atoms with Crippen molar-refractivity contribution >= 4 is 5.78 Å². The molecule has 1 aliphatic rings. The van der Waals surface area contributed by atoms with Crippen LogP contribution in [-0.4, -0.2) is 5.78 Å². The number of benzene rings is 1. The molecule has 0 saturated heterocycles. The Balaban J connectivity index is 2.54. The third-order valence-corrected chi connectivity index (χ3v) is 2.95. The van der Waals surface area contributed by atoms with Gasteiger partial charge < -0.3 is 0 Å². The van der Waals surface area contributed by atoms with Gasteiger partial charge in [-0.25, -0.2) is 13.2 Å². The first-order chi connectivity index (χ1) is 6.97. The molecule has 15 heavy (non-hydrogen) atoms. The molecule has 0 heterocycles. The van der Waals surface area contributed by atoms with E-state index in [0.717, 1.165) is 6.07 Å². The summed E-state index contributed by atoms with van der Waals surface area (Å²) in [5.74, 6) is -3.39. The highest BCUT2D eigenvalue weighted by molar-refractivity contribution is 5.91. The molecule has 1 nitrogen and oxygen atoms in total. The third kappa shape index (κ3) is 1.44. The summed E-state index contributed by atoms with van der Waals surface area (Å²) in [5.41, 5.74) is -0.924. The zero-order valence-electron chi connectivity index (χ0n) is 8.11. The first-order valence-corrected chi connectivity index (χ1v) is 4.63. The van der Waals surface area contributed by atoms with Gasteiger partial charge in [-0.1, -0.05) is 0 Å². The predicted octanol–water partition coefficient (Wildman–Crippen LogP) is 2.72. The SMILES string of the molecule is CC(=O)C1(c2cc(F)c(F)cc2F)CC1. The number of carbonyl (C=O) groups is 1. The standard InChI is InChI=1S/C11H9F3O/c1-6(15)11(2-3-11)7-4-9(13)10(14)5-8(7)12/h4-5H,2-3H2,1H3. The molecular formula is C11H9F3O. The molecule has 0 atom stereocenters. The predicted molar refractivity (Wildman–Crippen MR) is 47.9 cm³/mol. The van der Waals surface area contributed by atoms with Gasteiger partial charge in [-0.3, -0.25) is 4.79 Å². The maximum atomic E-state index is 13.4. The van der Waals surface area contributed by atoms with E-state index in [1.807, 2.05) is 0 Å². The Morgan fingerprint density at radius 3 is 2.13 bits per heavy atom. The first kappa shape index (κ1) is 10.2. The topological polar surface area (TPSA) is 17.1 Å². The van der Waals surface area contributed by atoms with E-state index in [4.69, 9.17) is 0 Å². The molecular weight excluding hydrogens is 205 g/mol. The fraction of sp³-hybridized carbons (Fsp3) is 0.364. The fourth-order valence-corrected chi connectivity index (χ4v) is 1.83. The van der Waals surface area contributed by atoms with Crippen molar-refractivity contribution in [3.63, 3.8) is 0 Å². The highest BCUT2D eigenvalue weighted by atomic mass is 19.2. The van der Waals surface area contributed by atoms with E-state index in [2.05, 4.69) is 0 Å². The van der Waals surface area contributed by atoms with Crippen LogP contribution in [0, 0.1) is 17.5 Å². The van der Waals surface area contributed by atoms with Crippen molar-refractivity contribution in [2.45, 2.75) is 25.2 Å². The second-order valence-electron chi connectivity index (χ2n) is 3.88. The summed E-state index contributed by atoms with van der Waals surface area (Å²) in [6.45, 7) is 1.34. The minimum Gasteiger partial charge on any atom is -0.299 e. The van der Waals surface area contributed by atoms with Gasteiger partial charge in [-0.15, -0.1) is 0 Å². The summed E-state index contributed by atoms with van der Waals surface area (Å²) in [5, 5.41) is 0. The fourth-order valence-electron chi connectivity index (χ4n) is 1.83. The first-order valence-electron chi connectivity index (χ1n) is 4.63. The molecule has 0 spiro atoms. The van der Waals surface area contributed by atoms with Gasteiger partial charge in [-0.2, -0.15) is 0 Å². The van der Waals surface area contributed by atoms with Crippen molar-refractivity contribution in [3.8, 4) is 0 Å². The second kappa shape index (κ2) is 3.08. The van der Waals surface area contributed by atoms with Crippen LogP contribution in [0.4, 0.5) is 13.2 Å². The average molecular weight is 214 g/mol. The van der Waals surface area contributed by atoms with Gasteiger partial charge in [-0.05, 0) is 25.8 Å². The summed E-state index contributed by atoms with van der Waals surface area (Å²) < 4.78 is 39.0. The molecule has 1 fully saturated rings. The van der Waals surface area contributed by atoms with Crippen molar-refractivity contribution < 1.29 is 18.0 Å². The van der Waals surface area contributed by atoms with Gasteiger partial charge in [0.25, 0.3) is 0 Å². The number of halogens is 3. The number of Topliss-reactive ketones (excluding diaryl/α,β-unsaturated/α-hetero) is 1. The van der Waals surface area contributed by atoms with Gasteiger partial charge in [0.05, 0.1) is 5.41 Å². The highest BCUT2D eigenvalue weighted by Gasteiger charge is 2.50. The lowest BCUT2D eigenvalue weighted by Crippen LogP contribution is -2.19. The maximum Gasteiger partial charge on any atom is 0.161 e. The number of hydrogen-bond donors (Lipinski definition) is 0. The Hall–Kier alpha value is -1.32. The Morgan fingerprint density at radius 1 is 1.13 bits per heavy atom. The van der Waals surface area contributed by atoms with E-state index in [1.165, 1.54) is 6.92 Å². The summed E-state index contributed by atoms with van der Waals surface area (Å²) >= 11 is 0. The van der Waals surface area contributed by atoms with Crippen molar-refractivity contribution in [1.29, 1.82) is 0 Å². The lowest BCUT2D eigenvalue weighted by atomic mass is 9.91. The normalized spacial score (nSPS) is 17.6. The summed E-state index contributed by atoms with van der Waals surface area (Å²) in [4.78, 5) is 11.3. The van der Waals surface area contributed by atoms with Gasteiger partial charge in [0, 0.05) is 11.6 Å². The summed E-state index contributed by atoms with van der Waals surface area (Å²) in [6.07, 6.45) is 1.01. The summed E-state index contributed by atoms with van der Waals surface area (Å²) in [7, 11) is 0. The quantitative estimate of drug-likeness (QED) is 0.692. The lowest BCUT2D eigenvalue weighted by Gasteiger charge is -2.12. The Bertz CT molecular complexity index is 436. The van der Waals surface area contributed by atoms with E-state index in [-0.39, 0.29) is 11.3 Å². The van der Waals surface area contributed by atoms with Crippen LogP contribution in [0.15, 0.2) is 12.1 Å². The van der Waals surface area contributed by atoms with Crippen LogP contribution >= 0.6 is 0 Å². The smallest absolute Gasteiger partial charge is 0.161 e. The molecule has 0 bridgehead atoms. The Morgan fingerprint density at radius 2 is 1.67 bits per heavy atom. The molecule has 1 aliphatic carbocycles. The minimum atomic E-state index is -1.23. The molecule has 80 valence electrons. The average Bonchev–Trinajstić information content (AvgIpc) is 2.92. The van der Waals surface area contributed by atoms with Gasteiger partial charge in [0.2, 0.25) is 0 Å². The van der Waals surface area contributed by atoms with Crippen LogP contribution in [0.1, 0.15) is 25.3 Å². The molecule has 0 unspecified atom stereocenters. The van der Waals surface area contributed by atoms with E-state index in [9.17, 15) is 18.0 Å². The lowest BCUT2D eigenvalue weighted by molar-refractivity contribution is -0.119. The van der Waals surface area contributed by atoms with Crippen molar-refractivity contribution in [1.82, 2.24) is 0 Å². The number of carbonyl (C=O) groups excluding carboxylic acids is 1. The van der Waals surface area contributed by atoms with Crippen LogP contribution in [-0.2, 0) is 10.2 Å². The van der Waals surface area contributed by atoms with Crippen LogP contribution in [0.3, 0.4) is 0 Å². The van der Waals surface area contributed by atoms with E-state index in [1.54, 1.807) is 0 Å². The zero-order chi connectivity index (χ0) is 11.2. The minimum absolute atomic E-state index is 0.0195. The van der Waals surface area contributed by atoms with Crippen molar-refractivity contribution in [2.24, 2.45) is 0 Å². The third-order valence-electron chi connectivity index (χ3n) is 2.95. The van der Waals surface area contributed by atoms with E-state index in [0.29, 0.717) is 18.9 Å². The molecule has 0 aromatic heterocycles. The maximum absolute atomic E-state index is 13.4. The molecule has 1 aromatic rings. The monoisotopic (exact) mass is 214 g/mol. The van der Waals surface area contributed by atoms with Crippen LogP contribution < -0.4 is 0 Å². The molecule has 4 heteroatoms. The summed E-state index contributed by atoms with van der Waals surface area (Å²) in [6, 6.07) is 1.28. The number of hydrogen-bond acceptors (Lipinski definition) is 1. The number of ketones is 1. The van der Waals surface area contributed by atoms with Crippen LogP contribution in [0.25, 0.3) is 0 Å².